The van der Waals surface area contributed by atoms with Crippen LogP contribution in [0.15, 0.2) is 30.3 Å². The molecule has 0 aromatic heterocycles. The van der Waals surface area contributed by atoms with E-state index in [-0.39, 0.29) is 5.78 Å². The third-order valence-electron chi connectivity index (χ3n) is 2.39. The summed E-state index contributed by atoms with van der Waals surface area (Å²) in [4.78, 5) is 11.3. The topological polar surface area (TPSA) is 17.1 Å². The molecule has 0 saturated heterocycles. The Morgan fingerprint density at radius 2 is 2.00 bits per heavy atom. The second-order valence-electron chi connectivity index (χ2n) is 3.71. The maximum Gasteiger partial charge on any atom is 0.167 e. The van der Waals surface area contributed by atoms with Gasteiger partial charge >= 0.3 is 0 Å². The number of aryl methyl sites for hydroxylation is 1. The summed E-state index contributed by atoms with van der Waals surface area (Å²) in [7, 11) is 0. The van der Waals surface area contributed by atoms with Crippen molar-refractivity contribution in [2.75, 3.05) is 0 Å². The van der Waals surface area contributed by atoms with E-state index < -0.39 is 6.17 Å². The summed E-state index contributed by atoms with van der Waals surface area (Å²) >= 11 is 0. The number of halogens is 1. The highest BCUT2D eigenvalue weighted by molar-refractivity contribution is 5.83. The zero-order valence-electron chi connectivity index (χ0n) is 9.08. The van der Waals surface area contributed by atoms with Crippen molar-refractivity contribution >= 4 is 5.78 Å². The van der Waals surface area contributed by atoms with Gasteiger partial charge in [-0.15, -0.1) is 0 Å². The van der Waals surface area contributed by atoms with Crippen LogP contribution in [-0.4, -0.2) is 12.0 Å². The summed E-state index contributed by atoms with van der Waals surface area (Å²) in [6.07, 6.45) is 0.764. The van der Waals surface area contributed by atoms with Crippen LogP contribution in [0.5, 0.6) is 0 Å². The molecule has 1 rings (SSSR count). The Labute approximate surface area is 90.3 Å². The molecule has 0 saturated carbocycles. The van der Waals surface area contributed by atoms with Crippen molar-refractivity contribution in [3.05, 3.63) is 35.9 Å². The van der Waals surface area contributed by atoms with Gasteiger partial charge in [0.05, 0.1) is 0 Å². The predicted molar refractivity (Wildman–Crippen MR) is 59.6 cm³/mol. The molecular weight excluding hydrogens is 191 g/mol. The Balaban J connectivity index is 2.34. The van der Waals surface area contributed by atoms with E-state index in [4.69, 9.17) is 0 Å². The van der Waals surface area contributed by atoms with Gasteiger partial charge in [-0.1, -0.05) is 43.7 Å². The monoisotopic (exact) mass is 208 g/mol. The SMILES string of the molecule is CCCC(F)C(=O)CCc1ccccc1. The molecule has 82 valence electrons. The van der Waals surface area contributed by atoms with Gasteiger partial charge in [-0.2, -0.15) is 0 Å². The van der Waals surface area contributed by atoms with Crippen molar-refractivity contribution in [3.8, 4) is 0 Å². The summed E-state index contributed by atoms with van der Waals surface area (Å²) in [6, 6.07) is 9.71. The average Bonchev–Trinajstić information content (AvgIpc) is 2.27. The van der Waals surface area contributed by atoms with Crippen molar-refractivity contribution in [1.29, 1.82) is 0 Å². The second kappa shape index (κ2) is 6.33. The number of carbonyl (C=O) groups excluding carboxylic acids is 1. The van der Waals surface area contributed by atoms with Crippen LogP contribution >= 0.6 is 0 Å². The van der Waals surface area contributed by atoms with Crippen LogP contribution in [0.25, 0.3) is 0 Å². The van der Waals surface area contributed by atoms with E-state index in [1.807, 2.05) is 37.3 Å². The van der Waals surface area contributed by atoms with Gasteiger partial charge < -0.3 is 0 Å². The predicted octanol–water partition coefficient (Wildman–Crippen LogP) is 3.33. The Kier molecular flexibility index (Phi) is 5.02. The van der Waals surface area contributed by atoms with Crippen LogP contribution in [0.1, 0.15) is 31.7 Å². The zero-order valence-corrected chi connectivity index (χ0v) is 9.08. The van der Waals surface area contributed by atoms with Gasteiger partial charge in [0.1, 0.15) is 0 Å². The first-order valence-electron chi connectivity index (χ1n) is 5.44. The minimum Gasteiger partial charge on any atom is -0.296 e. The van der Waals surface area contributed by atoms with Crippen molar-refractivity contribution in [1.82, 2.24) is 0 Å². The third kappa shape index (κ3) is 4.24. The van der Waals surface area contributed by atoms with Crippen molar-refractivity contribution in [2.24, 2.45) is 0 Å². The number of hydrogen-bond donors (Lipinski definition) is 0. The molecule has 0 spiro atoms. The molecule has 1 aromatic rings. The van der Waals surface area contributed by atoms with Crippen LogP contribution in [0, 0.1) is 0 Å². The maximum absolute atomic E-state index is 13.1. The van der Waals surface area contributed by atoms with Crippen LogP contribution in [-0.2, 0) is 11.2 Å². The number of carbonyl (C=O) groups is 1. The molecule has 0 aliphatic heterocycles. The first-order valence-corrected chi connectivity index (χ1v) is 5.44. The average molecular weight is 208 g/mol. The fourth-order valence-electron chi connectivity index (χ4n) is 1.48. The maximum atomic E-state index is 13.1. The number of alkyl halides is 1. The van der Waals surface area contributed by atoms with E-state index >= 15 is 0 Å². The van der Waals surface area contributed by atoms with Gasteiger partial charge in [-0.05, 0) is 18.4 Å². The van der Waals surface area contributed by atoms with Crippen molar-refractivity contribution < 1.29 is 9.18 Å². The molecule has 2 heteroatoms. The summed E-state index contributed by atoms with van der Waals surface area (Å²) < 4.78 is 13.1. The molecule has 1 atom stereocenters. The smallest absolute Gasteiger partial charge is 0.167 e. The Morgan fingerprint density at radius 3 is 2.60 bits per heavy atom. The molecule has 0 aliphatic carbocycles. The van der Waals surface area contributed by atoms with E-state index in [1.165, 1.54) is 0 Å². The molecule has 0 amide bonds. The molecule has 0 fully saturated rings. The van der Waals surface area contributed by atoms with Gasteiger partial charge in [-0.25, -0.2) is 4.39 Å². The number of hydrogen-bond acceptors (Lipinski definition) is 1. The zero-order chi connectivity index (χ0) is 11.1. The van der Waals surface area contributed by atoms with Crippen LogP contribution in [0.4, 0.5) is 4.39 Å². The molecule has 0 radical (unpaired) electrons. The minimum absolute atomic E-state index is 0.263. The molecule has 0 aliphatic rings. The highest BCUT2D eigenvalue weighted by Crippen LogP contribution is 2.09. The summed E-state index contributed by atoms with van der Waals surface area (Å²) in [5, 5.41) is 0. The van der Waals surface area contributed by atoms with Gasteiger partial charge in [-0.3, -0.25) is 4.79 Å². The number of benzene rings is 1. The lowest BCUT2D eigenvalue weighted by atomic mass is 10.0. The van der Waals surface area contributed by atoms with Crippen LogP contribution in [0.2, 0.25) is 0 Å². The van der Waals surface area contributed by atoms with Crippen LogP contribution in [0.3, 0.4) is 0 Å². The van der Waals surface area contributed by atoms with Gasteiger partial charge in [0.25, 0.3) is 0 Å². The molecular formula is C13H17FO. The Morgan fingerprint density at radius 1 is 1.33 bits per heavy atom. The molecule has 0 N–H and O–H groups in total. The lowest BCUT2D eigenvalue weighted by Crippen LogP contribution is -2.15. The summed E-state index contributed by atoms with van der Waals surface area (Å²) in [6.45, 7) is 1.89. The number of ketones is 1. The highest BCUT2D eigenvalue weighted by atomic mass is 19.1. The van der Waals surface area contributed by atoms with E-state index in [0.29, 0.717) is 19.3 Å². The molecule has 1 unspecified atom stereocenters. The van der Waals surface area contributed by atoms with Crippen LogP contribution < -0.4 is 0 Å². The standard InChI is InChI=1S/C13H17FO/c1-2-6-12(14)13(15)10-9-11-7-4-3-5-8-11/h3-5,7-8,12H,2,6,9-10H2,1H3. The van der Waals surface area contributed by atoms with E-state index in [1.54, 1.807) is 0 Å². The van der Waals surface area contributed by atoms with E-state index in [2.05, 4.69) is 0 Å². The summed E-state index contributed by atoms with van der Waals surface area (Å²) in [5.41, 5.74) is 1.09. The first-order chi connectivity index (χ1) is 7.24. The molecule has 15 heavy (non-hydrogen) atoms. The van der Waals surface area contributed by atoms with Gasteiger partial charge in [0, 0.05) is 6.42 Å². The van der Waals surface area contributed by atoms with E-state index in [9.17, 15) is 9.18 Å². The Hall–Kier alpha value is -1.18. The normalized spacial score (nSPS) is 12.4. The fraction of sp³-hybridized carbons (Fsp3) is 0.462. The largest absolute Gasteiger partial charge is 0.296 e. The molecule has 1 nitrogen and oxygen atoms in total. The van der Waals surface area contributed by atoms with Crippen molar-refractivity contribution in [3.63, 3.8) is 0 Å². The third-order valence-corrected chi connectivity index (χ3v) is 2.39. The number of rotatable bonds is 6. The number of Topliss-reactive ketones (excluding diaryl/α,β-unsaturated/α-hetero) is 1. The second-order valence-corrected chi connectivity index (χ2v) is 3.71. The quantitative estimate of drug-likeness (QED) is 0.700. The lowest BCUT2D eigenvalue weighted by molar-refractivity contribution is -0.124. The van der Waals surface area contributed by atoms with Crippen molar-refractivity contribution in [2.45, 2.75) is 38.8 Å². The minimum atomic E-state index is -1.27. The molecule has 1 aromatic carbocycles. The van der Waals surface area contributed by atoms with Gasteiger partial charge in [0.15, 0.2) is 12.0 Å². The van der Waals surface area contributed by atoms with Gasteiger partial charge in [0.2, 0.25) is 0 Å². The molecule has 0 heterocycles. The first kappa shape index (κ1) is 11.9. The summed E-state index contributed by atoms with van der Waals surface area (Å²) in [5.74, 6) is -0.263. The fourth-order valence-corrected chi connectivity index (χ4v) is 1.48. The lowest BCUT2D eigenvalue weighted by Gasteiger charge is -2.05. The van der Waals surface area contributed by atoms with E-state index in [0.717, 1.165) is 12.0 Å². The Bertz CT molecular complexity index is 295. The molecule has 0 bridgehead atoms. The highest BCUT2D eigenvalue weighted by Gasteiger charge is 2.15.